The van der Waals surface area contributed by atoms with Gasteiger partial charge in [0.25, 0.3) is 5.91 Å². The van der Waals surface area contributed by atoms with E-state index in [9.17, 15) is 18.0 Å². The summed E-state index contributed by atoms with van der Waals surface area (Å²) in [4.78, 5) is 26.3. The Kier molecular flexibility index (Phi) is 6.18. The zero-order valence-corrected chi connectivity index (χ0v) is 15.5. The molecule has 1 aromatic rings. The molecule has 1 aromatic carbocycles. The number of carbonyl (C=O) groups excluding carboxylic acids is 2. The van der Waals surface area contributed by atoms with Crippen LogP contribution in [-0.4, -0.2) is 50.9 Å². The topological polar surface area (TPSA) is 92.8 Å². The Morgan fingerprint density at radius 1 is 1.24 bits per heavy atom. The average Bonchev–Trinajstić information content (AvgIpc) is 2.59. The third kappa shape index (κ3) is 4.58. The van der Waals surface area contributed by atoms with E-state index in [4.69, 9.17) is 4.74 Å². The summed E-state index contributed by atoms with van der Waals surface area (Å²) in [7, 11) is -2.36. The van der Waals surface area contributed by atoms with Gasteiger partial charge in [-0.2, -0.15) is 0 Å². The van der Waals surface area contributed by atoms with Gasteiger partial charge in [0.15, 0.2) is 6.61 Å². The summed E-state index contributed by atoms with van der Waals surface area (Å²) in [5.41, 5.74) is 0.0869. The van der Waals surface area contributed by atoms with Crippen molar-refractivity contribution >= 4 is 21.9 Å². The Labute approximate surface area is 148 Å². The minimum atomic E-state index is -3.65. The number of nitrogens with one attached hydrogen (secondary N) is 1. The molecule has 1 aliphatic rings. The third-order valence-electron chi connectivity index (χ3n) is 4.46. The molecule has 1 fully saturated rings. The predicted molar refractivity (Wildman–Crippen MR) is 92.6 cm³/mol. The van der Waals surface area contributed by atoms with Crippen LogP contribution in [0.25, 0.3) is 0 Å². The zero-order valence-electron chi connectivity index (χ0n) is 14.7. The summed E-state index contributed by atoms with van der Waals surface area (Å²) in [6.45, 7) is 3.62. The zero-order chi connectivity index (χ0) is 18.6. The molecule has 25 heavy (non-hydrogen) atoms. The molecule has 1 heterocycles. The number of hydrogen-bond acceptors (Lipinski definition) is 5. The predicted octanol–water partition coefficient (Wildman–Crippen LogP) is 1.54. The van der Waals surface area contributed by atoms with Crippen LogP contribution >= 0.6 is 0 Å². The van der Waals surface area contributed by atoms with Gasteiger partial charge in [-0.15, -0.1) is 0 Å². The number of ether oxygens (including phenoxy) is 1. The minimum absolute atomic E-state index is 0.0333. The molecule has 0 aliphatic carbocycles. The lowest BCUT2D eigenvalue weighted by molar-refractivity contribution is -0.140. The van der Waals surface area contributed by atoms with E-state index < -0.39 is 16.0 Å². The van der Waals surface area contributed by atoms with Crippen LogP contribution in [-0.2, 0) is 19.6 Å². The number of piperidine rings is 1. The van der Waals surface area contributed by atoms with E-state index in [1.807, 2.05) is 13.8 Å². The van der Waals surface area contributed by atoms with Gasteiger partial charge in [0.1, 0.15) is 0 Å². The molecule has 7 nitrogen and oxygen atoms in total. The maximum absolute atomic E-state index is 12.4. The Morgan fingerprint density at radius 3 is 2.48 bits per heavy atom. The molecule has 0 saturated carbocycles. The third-order valence-corrected chi connectivity index (χ3v) is 5.87. The highest BCUT2D eigenvalue weighted by Crippen LogP contribution is 2.22. The van der Waals surface area contributed by atoms with Crippen molar-refractivity contribution in [3.63, 3.8) is 0 Å². The van der Waals surface area contributed by atoms with Crippen LogP contribution in [0.5, 0.6) is 0 Å². The molecule has 0 spiro atoms. The number of nitrogens with zero attached hydrogens (tertiary/aromatic N) is 1. The normalized spacial score (nSPS) is 21.0. The van der Waals surface area contributed by atoms with Crippen LogP contribution in [0.4, 0.5) is 0 Å². The summed E-state index contributed by atoms with van der Waals surface area (Å²) in [5.74, 6) is -0.953. The van der Waals surface area contributed by atoms with Gasteiger partial charge in [-0.3, -0.25) is 4.79 Å². The number of carbonyl (C=O) groups is 2. The lowest BCUT2D eigenvalue weighted by Crippen LogP contribution is -2.49. The molecule has 8 heteroatoms. The second-order valence-corrected chi connectivity index (χ2v) is 8.13. The molecule has 1 saturated heterocycles. The number of esters is 1. The Bertz CT molecular complexity index is 737. The van der Waals surface area contributed by atoms with E-state index in [0.717, 1.165) is 19.3 Å². The number of sulfonamides is 1. The molecule has 138 valence electrons. The summed E-state index contributed by atoms with van der Waals surface area (Å²) in [5, 5.41) is 0. The highest BCUT2D eigenvalue weighted by Gasteiger charge is 2.29. The number of amides is 1. The first-order valence-electron chi connectivity index (χ1n) is 8.28. The van der Waals surface area contributed by atoms with E-state index in [1.165, 1.54) is 31.3 Å². The van der Waals surface area contributed by atoms with E-state index in [2.05, 4.69) is 4.72 Å². The first kappa shape index (κ1) is 19.4. The van der Waals surface area contributed by atoms with Gasteiger partial charge in [-0.05, 0) is 58.4 Å². The fraction of sp³-hybridized carbons (Fsp3) is 0.529. The molecule has 0 unspecified atom stereocenters. The van der Waals surface area contributed by atoms with Crippen molar-refractivity contribution in [1.82, 2.24) is 9.62 Å². The first-order chi connectivity index (χ1) is 11.8. The largest absolute Gasteiger partial charge is 0.452 e. The highest BCUT2D eigenvalue weighted by atomic mass is 32.2. The summed E-state index contributed by atoms with van der Waals surface area (Å²) in [6.07, 6.45) is 2.96. The number of likely N-dealkylation sites (tertiary alicyclic amines) is 1. The standard InChI is InChI=1S/C17H24N2O5S/c1-12-6-4-7-13(2)19(12)16(20)11-24-17(21)14-8-5-9-15(10-14)25(22,23)18-3/h5,8-10,12-13,18H,4,6-7,11H2,1-3H3/t12-,13-/m1/s1. The minimum Gasteiger partial charge on any atom is -0.452 e. The second kappa shape index (κ2) is 7.97. The van der Waals surface area contributed by atoms with E-state index in [0.29, 0.717) is 0 Å². The first-order valence-corrected chi connectivity index (χ1v) is 9.76. The molecule has 0 aromatic heterocycles. The molecular weight excluding hydrogens is 344 g/mol. The SMILES string of the molecule is CNS(=O)(=O)c1cccc(C(=O)OCC(=O)N2[C@H](C)CCC[C@H]2C)c1. The van der Waals surface area contributed by atoms with Gasteiger partial charge in [0, 0.05) is 12.1 Å². The van der Waals surface area contributed by atoms with Crippen LogP contribution < -0.4 is 4.72 Å². The maximum atomic E-state index is 12.4. The van der Waals surface area contributed by atoms with Crippen LogP contribution in [0.15, 0.2) is 29.2 Å². The smallest absolute Gasteiger partial charge is 0.338 e. The molecular formula is C17H24N2O5S. The number of benzene rings is 1. The van der Waals surface area contributed by atoms with Gasteiger partial charge in [0.2, 0.25) is 10.0 Å². The molecule has 2 atom stereocenters. The fourth-order valence-electron chi connectivity index (χ4n) is 3.11. The number of rotatable bonds is 5. The van der Waals surface area contributed by atoms with Gasteiger partial charge in [-0.25, -0.2) is 17.9 Å². The van der Waals surface area contributed by atoms with Crippen molar-refractivity contribution in [2.75, 3.05) is 13.7 Å². The maximum Gasteiger partial charge on any atom is 0.338 e. The van der Waals surface area contributed by atoms with E-state index in [-0.39, 0.29) is 35.1 Å². The van der Waals surface area contributed by atoms with Crippen LogP contribution in [0.3, 0.4) is 0 Å². The number of hydrogen-bond donors (Lipinski definition) is 1. The molecule has 0 bridgehead atoms. The fourth-order valence-corrected chi connectivity index (χ4v) is 3.88. The lowest BCUT2D eigenvalue weighted by atomic mass is 9.97. The van der Waals surface area contributed by atoms with Crippen LogP contribution in [0, 0.1) is 0 Å². The molecule has 1 amide bonds. The van der Waals surface area contributed by atoms with Crippen molar-refractivity contribution in [3.05, 3.63) is 29.8 Å². The summed E-state index contributed by atoms with van der Waals surface area (Å²) >= 11 is 0. The Morgan fingerprint density at radius 2 is 1.88 bits per heavy atom. The highest BCUT2D eigenvalue weighted by molar-refractivity contribution is 7.89. The van der Waals surface area contributed by atoms with Gasteiger partial charge in [-0.1, -0.05) is 6.07 Å². The molecule has 1 aliphatic heterocycles. The van der Waals surface area contributed by atoms with Crippen molar-refractivity contribution in [2.24, 2.45) is 0 Å². The quantitative estimate of drug-likeness (QED) is 0.796. The molecule has 1 N–H and O–H groups in total. The monoisotopic (exact) mass is 368 g/mol. The molecule has 2 rings (SSSR count). The van der Waals surface area contributed by atoms with Gasteiger partial charge in [0.05, 0.1) is 10.5 Å². The van der Waals surface area contributed by atoms with Gasteiger partial charge < -0.3 is 9.64 Å². The van der Waals surface area contributed by atoms with Crippen molar-refractivity contribution in [1.29, 1.82) is 0 Å². The Hall–Kier alpha value is -1.93. The van der Waals surface area contributed by atoms with Crippen molar-refractivity contribution in [3.8, 4) is 0 Å². The summed E-state index contributed by atoms with van der Waals surface area (Å²) in [6, 6.07) is 5.76. The lowest BCUT2D eigenvalue weighted by Gasteiger charge is -2.38. The molecule has 0 radical (unpaired) electrons. The van der Waals surface area contributed by atoms with Crippen molar-refractivity contribution in [2.45, 2.75) is 50.1 Å². The summed E-state index contributed by atoms with van der Waals surface area (Å²) < 4.78 is 30.9. The van der Waals surface area contributed by atoms with E-state index in [1.54, 1.807) is 4.90 Å². The average molecular weight is 368 g/mol. The van der Waals surface area contributed by atoms with E-state index >= 15 is 0 Å². The second-order valence-electron chi connectivity index (χ2n) is 6.24. The van der Waals surface area contributed by atoms with Crippen LogP contribution in [0.2, 0.25) is 0 Å². The van der Waals surface area contributed by atoms with Crippen molar-refractivity contribution < 1.29 is 22.7 Å². The Balaban J connectivity index is 2.03. The van der Waals surface area contributed by atoms with Gasteiger partial charge >= 0.3 is 5.97 Å². The van der Waals surface area contributed by atoms with Crippen LogP contribution in [0.1, 0.15) is 43.5 Å².